The van der Waals surface area contributed by atoms with Gasteiger partial charge in [0.25, 0.3) is 0 Å². The number of anilines is 1. The summed E-state index contributed by atoms with van der Waals surface area (Å²) >= 11 is 1.32. The Bertz CT molecular complexity index is 1220. The minimum Gasteiger partial charge on any atom is -0.507 e. The highest BCUT2D eigenvalue weighted by Gasteiger charge is 2.18. The van der Waals surface area contributed by atoms with Crippen molar-refractivity contribution in [1.29, 1.82) is 0 Å². The van der Waals surface area contributed by atoms with E-state index in [1.165, 1.54) is 11.8 Å². The van der Waals surface area contributed by atoms with Crippen molar-refractivity contribution in [2.75, 3.05) is 11.1 Å². The van der Waals surface area contributed by atoms with Crippen molar-refractivity contribution in [2.24, 2.45) is 0 Å². The summed E-state index contributed by atoms with van der Waals surface area (Å²) in [7, 11) is 0. The predicted molar refractivity (Wildman–Crippen MR) is 128 cm³/mol. The van der Waals surface area contributed by atoms with Gasteiger partial charge in [0.2, 0.25) is 5.91 Å². The molecule has 0 spiro atoms. The second-order valence-corrected chi connectivity index (χ2v) is 8.44. The molecule has 1 aromatic heterocycles. The summed E-state index contributed by atoms with van der Waals surface area (Å²) < 4.78 is 1.93. The lowest BCUT2D eigenvalue weighted by Gasteiger charge is -2.13. The standard InChI is InChI=1S/C25H24N4O2S/c1-17-9-8-10-18(2)23(17)26-22(31)16-32-25-28-27-24(20-13-6-7-14-21(20)30)29(25)15-19-11-4-3-5-12-19/h3-14,30H,15-16H2,1-2H3,(H,26,31). The quantitative estimate of drug-likeness (QED) is 0.390. The minimum absolute atomic E-state index is 0.106. The van der Waals surface area contributed by atoms with Crippen molar-refractivity contribution in [3.63, 3.8) is 0 Å². The molecule has 0 radical (unpaired) electrons. The Morgan fingerprint density at radius 3 is 2.34 bits per heavy atom. The Morgan fingerprint density at radius 1 is 0.938 bits per heavy atom. The number of aromatic nitrogens is 3. The van der Waals surface area contributed by atoms with Crippen LogP contribution in [0.5, 0.6) is 5.75 Å². The van der Waals surface area contributed by atoms with Crippen LogP contribution < -0.4 is 5.32 Å². The molecule has 0 saturated carbocycles. The van der Waals surface area contributed by atoms with E-state index in [-0.39, 0.29) is 17.4 Å². The van der Waals surface area contributed by atoms with Crippen LogP contribution in [0.3, 0.4) is 0 Å². The number of carbonyl (C=O) groups is 1. The SMILES string of the molecule is Cc1cccc(C)c1NC(=O)CSc1nnc(-c2ccccc2O)n1Cc1ccccc1. The maximum atomic E-state index is 12.7. The van der Waals surface area contributed by atoms with E-state index in [0.29, 0.717) is 23.1 Å². The van der Waals surface area contributed by atoms with Crippen molar-refractivity contribution in [1.82, 2.24) is 14.8 Å². The van der Waals surface area contributed by atoms with E-state index in [9.17, 15) is 9.90 Å². The largest absolute Gasteiger partial charge is 0.507 e. The Labute approximate surface area is 191 Å². The smallest absolute Gasteiger partial charge is 0.234 e. The number of rotatable bonds is 7. The van der Waals surface area contributed by atoms with Crippen LogP contribution in [0.15, 0.2) is 78.0 Å². The number of carbonyl (C=O) groups excluding carboxylic acids is 1. The van der Waals surface area contributed by atoms with E-state index < -0.39 is 0 Å². The van der Waals surface area contributed by atoms with E-state index in [0.717, 1.165) is 22.4 Å². The van der Waals surface area contributed by atoms with Crippen molar-refractivity contribution >= 4 is 23.4 Å². The second-order valence-electron chi connectivity index (χ2n) is 7.50. The fourth-order valence-corrected chi connectivity index (χ4v) is 4.22. The monoisotopic (exact) mass is 444 g/mol. The van der Waals surface area contributed by atoms with Crippen molar-refractivity contribution in [3.05, 3.63) is 89.5 Å². The van der Waals surface area contributed by atoms with Crippen LogP contribution in [0.1, 0.15) is 16.7 Å². The van der Waals surface area contributed by atoms with Gasteiger partial charge < -0.3 is 10.4 Å². The molecule has 2 N–H and O–H groups in total. The van der Waals surface area contributed by atoms with Crippen LogP contribution in [0.4, 0.5) is 5.69 Å². The molecule has 162 valence electrons. The van der Waals surface area contributed by atoms with Gasteiger partial charge in [0.1, 0.15) is 5.75 Å². The van der Waals surface area contributed by atoms with Gasteiger partial charge in [-0.25, -0.2) is 0 Å². The van der Waals surface area contributed by atoms with Crippen LogP contribution in [-0.4, -0.2) is 31.5 Å². The lowest BCUT2D eigenvalue weighted by molar-refractivity contribution is -0.113. The molecule has 4 aromatic rings. The van der Waals surface area contributed by atoms with Crippen molar-refractivity contribution in [3.8, 4) is 17.1 Å². The molecule has 0 aliphatic carbocycles. The predicted octanol–water partition coefficient (Wildman–Crippen LogP) is 5.05. The van der Waals surface area contributed by atoms with E-state index >= 15 is 0 Å². The highest BCUT2D eigenvalue weighted by molar-refractivity contribution is 7.99. The Balaban J connectivity index is 1.58. The first-order chi connectivity index (χ1) is 15.5. The van der Waals surface area contributed by atoms with Gasteiger partial charge in [-0.05, 0) is 42.7 Å². The molecule has 4 rings (SSSR count). The summed E-state index contributed by atoms with van der Waals surface area (Å²) in [5.74, 6) is 0.787. The normalized spacial score (nSPS) is 10.8. The van der Waals surface area contributed by atoms with Gasteiger partial charge in [-0.15, -0.1) is 10.2 Å². The molecule has 0 unspecified atom stereocenters. The molecule has 3 aromatic carbocycles. The number of thioether (sulfide) groups is 1. The Hall–Kier alpha value is -3.58. The highest BCUT2D eigenvalue weighted by atomic mass is 32.2. The van der Waals surface area contributed by atoms with Gasteiger partial charge in [0.15, 0.2) is 11.0 Å². The average Bonchev–Trinajstić information content (AvgIpc) is 3.18. The zero-order valence-electron chi connectivity index (χ0n) is 17.9. The summed E-state index contributed by atoms with van der Waals surface area (Å²) in [4.78, 5) is 12.7. The topological polar surface area (TPSA) is 80.0 Å². The van der Waals surface area contributed by atoms with Crippen LogP contribution in [-0.2, 0) is 11.3 Å². The molecule has 0 aliphatic rings. The number of hydrogen-bond donors (Lipinski definition) is 2. The number of aryl methyl sites for hydroxylation is 2. The maximum absolute atomic E-state index is 12.7. The summed E-state index contributed by atoms with van der Waals surface area (Å²) in [5.41, 5.74) is 4.57. The number of hydrogen-bond acceptors (Lipinski definition) is 5. The van der Waals surface area contributed by atoms with E-state index in [1.54, 1.807) is 12.1 Å². The maximum Gasteiger partial charge on any atom is 0.234 e. The molecule has 1 heterocycles. The number of benzene rings is 3. The molecule has 0 fully saturated rings. The molecule has 0 atom stereocenters. The summed E-state index contributed by atoms with van der Waals surface area (Å²) in [6.45, 7) is 4.48. The number of nitrogens with one attached hydrogen (secondary N) is 1. The van der Waals surface area contributed by atoms with Crippen LogP contribution >= 0.6 is 11.8 Å². The fourth-order valence-electron chi connectivity index (χ4n) is 3.48. The average molecular weight is 445 g/mol. The van der Waals surface area contributed by atoms with Gasteiger partial charge in [0.05, 0.1) is 17.9 Å². The number of phenolic OH excluding ortho intramolecular Hbond substituents is 1. The third-order valence-corrected chi connectivity index (χ3v) is 6.09. The number of para-hydroxylation sites is 2. The highest BCUT2D eigenvalue weighted by Crippen LogP contribution is 2.31. The molecule has 0 bridgehead atoms. The second kappa shape index (κ2) is 9.70. The van der Waals surface area contributed by atoms with Gasteiger partial charge in [-0.1, -0.05) is 72.4 Å². The molecule has 7 heteroatoms. The minimum atomic E-state index is -0.106. The number of phenols is 1. The van der Waals surface area contributed by atoms with Crippen molar-refractivity contribution in [2.45, 2.75) is 25.5 Å². The zero-order chi connectivity index (χ0) is 22.5. The van der Waals surface area contributed by atoms with Gasteiger partial charge in [-0.3, -0.25) is 9.36 Å². The van der Waals surface area contributed by atoms with Crippen molar-refractivity contribution < 1.29 is 9.90 Å². The van der Waals surface area contributed by atoms with E-state index in [4.69, 9.17) is 0 Å². The molecule has 0 aliphatic heterocycles. The number of amides is 1. The Kier molecular flexibility index (Phi) is 6.56. The third kappa shape index (κ3) is 4.84. The molecular formula is C25H24N4O2S. The van der Waals surface area contributed by atoms with Gasteiger partial charge in [0, 0.05) is 5.69 Å². The lowest BCUT2D eigenvalue weighted by atomic mass is 10.1. The summed E-state index contributed by atoms with van der Waals surface area (Å²) in [6.07, 6.45) is 0. The first-order valence-corrected chi connectivity index (χ1v) is 11.3. The third-order valence-electron chi connectivity index (χ3n) is 5.12. The molecular weight excluding hydrogens is 420 g/mol. The Morgan fingerprint density at radius 2 is 1.62 bits per heavy atom. The first-order valence-electron chi connectivity index (χ1n) is 10.3. The lowest BCUT2D eigenvalue weighted by Crippen LogP contribution is -2.16. The fraction of sp³-hybridized carbons (Fsp3) is 0.160. The van der Waals surface area contributed by atoms with E-state index in [2.05, 4.69) is 15.5 Å². The van der Waals surface area contributed by atoms with Crippen LogP contribution in [0, 0.1) is 13.8 Å². The summed E-state index contributed by atoms with van der Waals surface area (Å²) in [5, 5.41) is 22.6. The molecule has 6 nitrogen and oxygen atoms in total. The van der Waals surface area contributed by atoms with Gasteiger partial charge >= 0.3 is 0 Å². The van der Waals surface area contributed by atoms with Crippen LogP contribution in [0.2, 0.25) is 0 Å². The van der Waals surface area contributed by atoms with Crippen LogP contribution in [0.25, 0.3) is 11.4 Å². The summed E-state index contributed by atoms with van der Waals surface area (Å²) in [6, 6.07) is 22.9. The first kappa shape index (κ1) is 21.6. The molecule has 1 amide bonds. The molecule has 32 heavy (non-hydrogen) atoms. The van der Waals surface area contributed by atoms with E-state index in [1.807, 2.05) is 79.1 Å². The molecule has 0 saturated heterocycles. The number of nitrogens with zero attached hydrogens (tertiary/aromatic N) is 3. The zero-order valence-corrected chi connectivity index (χ0v) is 18.8. The number of aromatic hydroxyl groups is 1. The van der Waals surface area contributed by atoms with Gasteiger partial charge in [-0.2, -0.15) is 0 Å².